The van der Waals surface area contributed by atoms with Gasteiger partial charge in [0.15, 0.2) is 0 Å². The average molecular weight is 356 g/mol. The molecule has 0 spiro atoms. The van der Waals surface area contributed by atoms with E-state index in [2.05, 4.69) is 22.4 Å². The van der Waals surface area contributed by atoms with Gasteiger partial charge in [-0.3, -0.25) is 14.4 Å². The van der Waals surface area contributed by atoms with Crippen molar-refractivity contribution < 1.29 is 14.7 Å². The molecule has 1 fully saturated rings. The zero-order valence-corrected chi connectivity index (χ0v) is 15.1. The molecule has 3 rings (SSSR count). The van der Waals surface area contributed by atoms with Gasteiger partial charge in [-0.1, -0.05) is 6.07 Å². The Bertz CT molecular complexity index is 802. The summed E-state index contributed by atoms with van der Waals surface area (Å²) in [5, 5.41) is 16.3. The van der Waals surface area contributed by atoms with Crippen LogP contribution in [0.3, 0.4) is 0 Å². The Labute approximate surface area is 152 Å². The summed E-state index contributed by atoms with van der Waals surface area (Å²) in [6.07, 6.45) is 3.90. The van der Waals surface area contributed by atoms with Gasteiger partial charge in [0.05, 0.1) is 17.3 Å². The SMILES string of the molecule is CN1CCC[C@@H](CNC(=O)c2cccc(C(=O)O)c2)[C@@H]1c1ccnn1C. The Kier molecular flexibility index (Phi) is 5.37. The van der Waals surface area contributed by atoms with Crippen molar-refractivity contribution >= 4 is 11.9 Å². The van der Waals surface area contributed by atoms with E-state index in [1.54, 1.807) is 18.3 Å². The number of aromatic nitrogens is 2. The zero-order valence-electron chi connectivity index (χ0n) is 15.1. The summed E-state index contributed by atoms with van der Waals surface area (Å²) in [5.41, 5.74) is 1.62. The van der Waals surface area contributed by atoms with Crippen LogP contribution in [0.5, 0.6) is 0 Å². The summed E-state index contributed by atoms with van der Waals surface area (Å²) in [5.74, 6) is -1.01. The molecule has 2 aromatic rings. The van der Waals surface area contributed by atoms with Gasteiger partial charge in [-0.25, -0.2) is 4.79 Å². The minimum Gasteiger partial charge on any atom is -0.478 e. The number of carbonyl (C=O) groups is 2. The summed E-state index contributed by atoms with van der Waals surface area (Å²) in [4.78, 5) is 25.9. The van der Waals surface area contributed by atoms with Gasteiger partial charge < -0.3 is 10.4 Å². The number of rotatable bonds is 5. The second kappa shape index (κ2) is 7.70. The quantitative estimate of drug-likeness (QED) is 0.855. The van der Waals surface area contributed by atoms with E-state index in [0.29, 0.717) is 12.1 Å². The van der Waals surface area contributed by atoms with E-state index in [1.807, 2.05) is 17.8 Å². The molecule has 0 radical (unpaired) electrons. The number of amides is 1. The van der Waals surface area contributed by atoms with E-state index in [0.717, 1.165) is 25.1 Å². The number of benzene rings is 1. The third-order valence-electron chi connectivity index (χ3n) is 5.07. The minimum atomic E-state index is -1.04. The number of aryl methyl sites for hydroxylation is 1. The van der Waals surface area contributed by atoms with Gasteiger partial charge in [0.25, 0.3) is 5.91 Å². The average Bonchev–Trinajstić information content (AvgIpc) is 3.05. The van der Waals surface area contributed by atoms with Gasteiger partial charge in [-0.2, -0.15) is 5.10 Å². The molecule has 0 unspecified atom stereocenters. The fourth-order valence-electron chi connectivity index (χ4n) is 3.73. The van der Waals surface area contributed by atoms with Crippen molar-refractivity contribution in [3.63, 3.8) is 0 Å². The lowest BCUT2D eigenvalue weighted by atomic mass is 9.87. The van der Waals surface area contributed by atoms with E-state index in [1.165, 1.54) is 12.1 Å². The number of carbonyl (C=O) groups excluding carboxylic acids is 1. The molecule has 1 amide bonds. The number of carboxylic acid groups (broad SMARTS) is 1. The number of nitrogens with zero attached hydrogens (tertiary/aromatic N) is 3. The molecule has 1 aliphatic rings. The van der Waals surface area contributed by atoms with Crippen LogP contribution in [0, 0.1) is 5.92 Å². The number of carboxylic acids is 1. The van der Waals surface area contributed by atoms with Crippen molar-refractivity contribution in [2.75, 3.05) is 20.1 Å². The first-order valence-corrected chi connectivity index (χ1v) is 8.77. The molecule has 2 heterocycles. The van der Waals surface area contributed by atoms with Crippen molar-refractivity contribution in [2.24, 2.45) is 13.0 Å². The molecule has 0 bridgehead atoms. The van der Waals surface area contributed by atoms with Crippen LogP contribution in [0.4, 0.5) is 0 Å². The highest BCUT2D eigenvalue weighted by Crippen LogP contribution is 2.34. The number of nitrogens with one attached hydrogen (secondary N) is 1. The predicted octanol–water partition coefficient (Wildman–Crippen LogP) is 1.93. The highest BCUT2D eigenvalue weighted by Gasteiger charge is 2.32. The molecule has 1 aliphatic heterocycles. The molecule has 0 saturated carbocycles. The van der Waals surface area contributed by atoms with Gasteiger partial charge in [0.1, 0.15) is 0 Å². The van der Waals surface area contributed by atoms with Gasteiger partial charge in [-0.05, 0) is 56.6 Å². The number of aromatic carboxylic acids is 1. The van der Waals surface area contributed by atoms with Gasteiger partial charge >= 0.3 is 5.97 Å². The van der Waals surface area contributed by atoms with Crippen molar-refractivity contribution in [2.45, 2.75) is 18.9 Å². The molecule has 1 saturated heterocycles. The third-order valence-corrected chi connectivity index (χ3v) is 5.07. The van der Waals surface area contributed by atoms with Gasteiger partial charge in [0.2, 0.25) is 0 Å². The number of likely N-dealkylation sites (tertiary alicyclic amines) is 1. The number of hydrogen-bond donors (Lipinski definition) is 2. The van der Waals surface area contributed by atoms with Crippen LogP contribution in [0.25, 0.3) is 0 Å². The maximum atomic E-state index is 12.5. The predicted molar refractivity (Wildman–Crippen MR) is 97.0 cm³/mol. The first-order valence-electron chi connectivity index (χ1n) is 8.77. The minimum absolute atomic E-state index is 0.114. The monoisotopic (exact) mass is 356 g/mol. The third kappa shape index (κ3) is 3.77. The van der Waals surface area contributed by atoms with E-state index in [4.69, 9.17) is 5.11 Å². The van der Waals surface area contributed by atoms with Gasteiger partial charge in [-0.15, -0.1) is 0 Å². The van der Waals surface area contributed by atoms with Crippen molar-refractivity contribution in [1.82, 2.24) is 20.0 Å². The van der Waals surface area contributed by atoms with Crippen molar-refractivity contribution in [1.29, 1.82) is 0 Å². The lowest BCUT2D eigenvalue weighted by molar-refractivity contribution is 0.0697. The molecule has 7 heteroatoms. The molecule has 7 nitrogen and oxygen atoms in total. The van der Waals surface area contributed by atoms with E-state index in [9.17, 15) is 9.59 Å². The van der Waals surface area contributed by atoms with E-state index < -0.39 is 5.97 Å². The highest BCUT2D eigenvalue weighted by atomic mass is 16.4. The topological polar surface area (TPSA) is 87.5 Å². The van der Waals surface area contributed by atoms with Crippen LogP contribution in [0.1, 0.15) is 45.3 Å². The molecule has 138 valence electrons. The fraction of sp³-hybridized carbons (Fsp3) is 0.421. The molecule has 2 N–H and O–H groups in total. The first-order chi connectivity index (χ1) is 12.5. The Morgan fingerprint density at radius 1 is 1.27 bits per heavy atom. The molecule has 1 aromatic carbocycles. The smallest absolute Gasteiger partial charge is 0.335 e. The van der Waals surface area contributed by atoms with E-state index >= 15 is 0 Å². The van der Waals surface area contributed by atoms with Crippen molar-refractivity contribution in [3.8, 4) is 0 Å². The van der Waals surface area contributed by atoms with Crippen LogP contribution >= 0.6 is 0 Å². The second-order valence-electron chi connectivity index (χ2n) is 6.80. The summed E-state index contributed by atoms with van der Waals surface area (Å²) in [7, 11) is 4.03. The fourth-order valence-corrected chi connectivity index (χ4v) is 3.73. The standard InChI is InChI=1S/C19H24N4O3/c1-22-10-4-7-15(17(22)16-8-9-21-23(16)2)12-20-18(24)13-5-3-6-14(11-13)19(25)26/h3,5-6,8-9,11,15,17H,4,7,10,12H2,1-2H3,(H,20,24)(H,25,26)/t15-,17+/m0/s1. The Morgan fingerprint density at radius 3 is 2.73 bits per heavy atom. The highest BCUT2D eigenvalue weighted by molar-refractivity contribution is 5.97. The zero-order chi connectivity index (χ0) is 18.7. The first kappa shape index (κ1) is 18.1. The Balaban J connectivity index is 1.71. The molecule has 1 aromatic heterocycles. The molecule has 26 heavy (non-hydrogen) atoms. The normalized spacial score (nSPS) is 20.7. The Hall–Kier alpha value is -2.67. The van der Waals surface area contributed by atoms with Crippen LogP contribution in [-0.2, 0) is 7.05 Å². The molecular weight excluding hydrogens is 332 g/mol. The summed E-state index contributed by atoms with van der Waals surface area (Å²) in [6.45, 7) is 1.55. The largest absolute Gasteiger partial charge is 0.478 e. The summed E-state index contributed by atoms with van der Waals surface area (Å²) >= 11 is 0. The maximum Gasteiger partial charge on any atom is 0.335 e. The lowest BCUT2D eigenvalue weighted by Gasteiger charge is -2.39. The lowest BCUT2D eigenvalue weighted by Crippen LogP contribution is -2.42. The number of hydrogen-bond acceptors (Lipinski definition) is 4. The van der Waals surface area contributed by atoms with Crippen LogP contribution < -0.4 is 5.32 Å². The summed E-state index contributed by atoms with van der Waals surface area (Å²) < 4.78 is 1.89. The Morgan fingerprint density at radius 2 is 2.04 bits per heavy atom. The van der Waals surface area contributed by atoms with Crippen LogP contribution in [-0.4, -0.2) is 51.8 Å². The van der Waals surface area contributed by atoms with Crippen molar-refractivity contribution in [3.05, 3.63) is 53.3 Å². The number of piperidine rings is 1. The van der Waals surface area contributed by atoms with Crippen LogP contribution in [0.2, 0.25) is 0 Å². The maximum absolute atomic E-state index is 12.5. The molecule has 2 atom stereocenters. The summed E-state index contributed by atoms with van der Waals surface area (Å²) in [6, 6.07) is 8.33. The molecular formula is C19H24N4O3. The van der Waals surface area contributed by atoms with E-state index in [-0.39, 0.29) is 23.4 Å². The van der Waals surface area contributed by atoms with Crippen LogP contribution in [0.15, 0.2) is 36.5 Å². The second-order valence-corrected chi connectivity index (χ2v) is 6.80. The molecule has 0 aliphatic carbocycles. The van der Waals surface area contributed by atoms with Gasteiger partial charge in [0, 0.05) is 25.4 Å².